The van der Waals surface area contributed by atoms with E-state index in [1.54, 1.807) is 11.0 Å². The molecule has 2 aliphatic rings. The van der Waals surface area contributed by atoms with Crippen molar-refractivity contribution >= 4 is 54.9 Å². The third-order valence-electron chi connectivity index (χ3n) is 5.66. The van der Waals surface area contributed by atoms with Gasteiger partial charge in [-0.2, -0.15) is 0 Å². The van der Waals surface area contributed by atoms with Gasteiger partial charge in [0.1, 0.15) is 4.49 Å². The maximum absolute atomic E-state index is 13.4. The van der Waals surface area contributed by atoms with Crippen LogP contribution in [0.4, 0.5) is 0 Å². The van der Waals surface area contributed by atoms with E-state index in [-0.39, 0.29) is 45.2 Å². The number of halogens is 3. The minimum absolute atomic E-state index is 0.0245. The highest BCUT2D eigenvalue weighted by atomic mass is 79.9. The molecule has 1 saturated heterocycles. The number of hydrogen-bond acceptors (Lipinski definition) is 3. The van der Waals surface area contributed by atoms with Gasteiger partial charge in [0.15, 0.2) is 9.84 Å². The fraction of sp³-hybridized carbons (Fsp3) is 0.526. The summed E-state index contributed by atoms with van der Waals surface area (Å²) < 4.78 is 25.1. The van der Waals surface area contributed by atoms with Crippen LogP contribution in [-0.2, 0) is 21.2 Å². The van der Waals surface area contributed by atoms with Crippen LogP contribution in [0.15, 0.2) is 39.3 Å². The number of allylic oxidation sites excluding steroid dienone is 1. The van der Waals surface area contributed by atoms with Crippen LogP contribution in [-0.4, -0.2) is 36.8 Å². The fourth-order valence-electron chi connectivity index (χ4n) is 4.01. The lowest BCUT2D eigenvalue weighted by atomic mass is 10.1. The molecule has 0 unspecified atom stereocenters. The summed E-state index contributed by atoms with van der Waals surface area (Å²) >= 11 is 15.1. The Balaban J connectivity index is 1.88. The molecule has 27 heavy (non-hydrogen) atoms. The molecule has 1 aromatic carbocycles. The summed E-state index contributed by atoms with van der Waals surface area (Å²) in [7, 11) is -3.10. The molecule has 148 valence electrons. The second-order valence-electron chi connectivity index (χ2n) is 7.93. The maximum Gasteiger partial charge on any atom is 0.227 e. The van der Waals surface area contributed by atoms with Gasteiger partial charge in [-0.15, -0.1) is 0 Å². The molecule has 0 bridgehead atoms. The summed E-state index contributed by atoms with van der Waals surface area (Å²) in [5.74, 6) is -0.169. The van der Waals surface area contributed by atoms with Crippen LogP contribution in [0.3, 0.4) is 0 Å². The Morgan fingerprint density at radius 3 is 2.63 bits per heavy atom. The van der Waals surface area contributed by atoms with Crippen molar-refractivity contribution < 1.29 is 13.2 Å². The Kier molecular flexibility index (Phi) is 6.03. The molecule has 2 fully saturated rings. The van der Waals surface area contributed by atoms with E-state index in [0.29, 0.717) is 13.0 Å². The van der Waals surface area contributed by atoms with Gasteiger partial charge in [-0.25, -0.2) is 8.42 Å². The van der Waals surface area contributed by atoms with Gasteiger partial charge in [-0.3, -0.25) is 4.79 Å². The maximum atomic E-state index is 13.4. The van der Waals surface area contributed by atoms with Gasteiger partial charge < -0.3 is 4.90 Å². The van der Waals surface area contributed by atoms with Crippen molar-refractivity contribution in [2.24, 2.45) is 17.3 Å². The standard InChI is InChI=1S/C19H22BrCl2NO3S/c1-19(2)15(9-16(21)22)17(19)18(24)23(14-6-7-27(25,26)11-14)10-12-4-3-5-13(20)8-12/h3-5,8-9,14-15,17H,6-7,10-11H2,1-2H3/t14-,15-,17-/m1/s1. The highest BCUT2D eigenvalue weighted by Crippen LogP contribution is 2.60. The van der Waals surface area contributed by atoms with Gasteiger partial charge >= 0.3 is 0 Å². The number of carbonyl (C=O) groups is 1. The Morgan fingerprint density at radius 2 is 2.07 bits per heavy atom. The van der Waals surface area contributed by atoms with Crippen molar-refractivity contribution in [3.8, 4) is 0 Å². The van der Waals surface area contributed by atoms with Gasteiger partial charge in [0.25, 0.3) is 0 Å². The second-order valence-corrected chi connectivity index (χ2v) is 12.1. The largest absolute Gasteiger partial charge is 0.334 e. The number of benzene rings is 1. The van der Waals surface area contributed by atoms with Crippen LogP contribution in [0.2, 0.25) is 0 Å². The Labute approximate surface area is 178 Å². The minimum atomic E-state index is -3.10. The smallest absolute Gasteiger partial charge is 0.227 e. The summed E-state index contributed by atoms with van der Waals surface area (Å²) in [6.45, 7) is 4.41. The third-order valence-corrected chi connectivity index (χ3v) is 8.15. The normalized spacial score (nSPS) is 27.8. The van der Waals surface area contributed by atoms with Crippen LogP contribution in [0.1, 0.15) is 25.8 Å². The topological polar surface area (TPSA) is 54.5 Å². The van der Waals surface area contributed by atoms with E-state index in [1.165, 1.54) is 0 Å². The molecule has 0 radical (unpaired) electrons. The van der Waals surface area contributed by atoms with E-state index in [2.05, 4.69) is 15.9 Å². The van der Waals surface area contributed by atoms with Crippen molar-refractivity contribution in [3.05, 3.63) is 44.9 Å². The van der Waals surface area contributed by atoms with Crippen LogP contribution < -0.4 is 0 Å². The molecule has 3 atom stereocenters. The minimum Gasteiger partial charge on any atom is -0.334 e. The lowest BCUT2D eigenvalue weighted by Crippen LogP contribution is -2.42. The second kappa shape index (κ2) is 7.69. The molecule has 0 N–H and O–H groups in total. The summed E-state index contributed by atoms with van der Waals surface area (Å²) in [4.78, 5) is 15.1. The Morgan fingerprint density at radius 1 is 1.37 bits per heavy atom. The molecule has 1 aliphatic heterocycles. The lowest BCUT2D eigenvalue weighted by molar-refractivity contribution is -0.136. The van der Waals surface area contributed by atoms with E-state index < -0.39 is 9.84 Å². The molecule has 8 heteroatoms. The van der Waals surface area contributed by atoms with Crippen LogP contribution in [0.5, 0.6) is 0 Å². The van der Waals surface area contributed by atoms with E-state index in [4.69, 9.17) is 23.2 Å². The third kappa shape index (κ3) is 4.72. The highest BCUT2D eigenvalue weighted by Gasteiger charge is 2.62. The summed E-state index contributed by atoms with van der Waals surface area (Å²) in [5.41, 5.74) is 0.710. The van der Waals surface area contributed by atoms with Crippen molar-refractivity contribution in [1.82, 2.24) is 4.90 Å². The first-order valence-corrected chi connectivity index (χ1v) is 12.2. The first-order valence-electron chi connectivity index (χ1n) is 8.79. The van der Waals surface area contributed by atoms with Crippen LogP contribution in [0, 0.1) is 17.3 Å². The molecule has 3 rings (SSSR count). The van der Waals surface area contributed by atoms with Crippen molar-refractivity contribution in [1.29, 1.82) is 0 Å². The number of rotatable bonds is 5. The molecule has 1 heterocycles. The van der Waals surface area contributed by atoms with Gasteiger partial charge in [0.05, 0.1) is 17.4 Å². The van der Waals surface area contributed by atoms with Crippen molar-refractivity contribution in [2.45, 2.75) is 32.9 Å². The highest BCUT2D eigenvalue weighted by molar-refractivity contribution is 9.10. The van der Waals surface area contributed by atoms with Gasteiger partial charge in [-0.05, 0) is 41.5 Å². The average molecular weight is 495 g/mol. The average Bonchev–Trinajstić information content (AvgIpc) is 2.88. The van der Waals surface area contributed by atoms with Gasteiger partial charge in [0.2, 0.25) is 5.91 Å². The zero-order chi connectivity index (χ0) is 20.0. The lowest BCUT2D eigenvalue weighted by Gasteiger charge is -2.29. The fourth-order valence-corrected chi connectivity index (χ4v) is 6.46. The molecular weight excluding hydrogens is 473 g/mol. The van der Waals surface area contributed by atoms with E-state index in [0.717, 1.165) is 10.0 Å². The van der Waals surface area contributed by atoms with Crippen molar-refractivity contribution in [2.75, 3.05) is 11.5 Å². The predicted octanol–water partition coefficient (Wildman–Crippen LogP) is 4.56. The van der Waals surface area contributed by atoms with Gasteiger partial charge in [0, 0.05) is 17.1 Å². The Bertz CT molecular complexity index is 881. The number of nitrogens with zero attached hydrogens (tertiary/aromatic N) is 1. The summed E-state index contributed by atoms with van der Waals surface area (Å²) in [5, 5.41) is 0. The number of amides is 1. The zero-order valence-electron chi connectivity index (χ0n) is 15.2. The van der Waals surface area contributed by atoms with Crippen LogP contribution >= 0.6 is 39.1 Å². The van der Waals surface area contributed by atoms with Crippen LogP contribution in [0.25, 0.3) is 0 Å². The molecule has 1 aliphatic carbocycles. The number of hydrogen-bond donors (Lipinski definition) is 0. The zero-order valence-corrected chi connectivity index (χ0v) is 19.1. The van der Waals surface area contributed by atoms with Crippen molar-refractivity contribution in [3.63, 3.8) is 0 Å². The first-order chi connectivity index (χ1) is 12.5. The molecular formula is C19H22BrCl2NO3S. The number of sulfone groups is 1. The van der Waals surface area contributed by atoms with Gasteiger partial charge in [-0.1, -0.05) is 65.1 Å². The number of carbonyl (C=O) groups excluding carboxylic acids is 1. The quantitative estimate of drug-likeness (QED) is 0.603. The molecule has 1 saturated carbocycles. The predicted molar refractivity (Wildman–Crippen MR) is 112 cm³/mol. The summed E-state index contributed by atoms with van der Waals surface area (Å²) in [6, 6.07) is 7.43. The molecule has 0 spiro atoms. The SMILES string of the molecule is CC1(C)[C@H](C=C(Cl)Cl)[C@@H]1C(=O)N(Cc1cccc(Br)c1)[C@@H]1CCS(=O)(=O)C1. The molecule has 1 aromatic rings. The molecule has 0 aromatic heterocycles. The van der Waals surface area contributed by atoms with E-state index >= 15 is 0 Å². The van der Waals surface area contributed by atoms with E-state index in [9.17, 15) is 13.2 Å². The summed E-state index contributed by atoms with van der Waals surface area (Å²) in [6.07, 6.45) is 2.19. The Hall–Kier alpha value is -0.560. The monoisotopic (exact) mass is 493 g/mol. The first kappa shape index (κ1) is 21.2. The van der Waals surface area contributed by atoms with E-state index in [1.807, 2.05) is 38.1 Å². The molecule has 4 nitrogen and oxygen atoms in total. The molecule has 1 amide bonds.